The monoisotopic (exact) mass is 337 g/mol. The Morgan fingerprint density at radius 1 is 1.24 bits per heavy atom. The van der Waals surface area contributed by atoms with Gasteiger partial charge < -0.3 is 4.74 Å². The van der Waals surface area contributed by atoms with Crippen LogP contribution >= 0.6 is 34.3 Å². The van der Waals surface area contributed by atoms with E-state index in [1.54, 1.807) is 35.8 Å². The van der Waals surface area contributed by atoms with Crippen LogP contribution in [0.5, 0.6) is 0 Å². The van der Waals surface area contributed by atoms with Crippen molar-refractivity contribution in [1.82, 2.24) is 4.98 Å². The summed E-state index contributed by atoms with van der Waals surface area (Å²) in [5, 5.41) is 0. The second kappa shape index (κ2) is 5.93. The maximum atomic E-state index is 11.9. The lowest BCUT2D eigenvalue weighted by Crippen LogP contribution is -2.13. The van der Waals surface area contributed by atoms with E-state index in [-0.39, 0.29) is 12.4 Å². The molecule has 7 heteroatoms. The fourth-order valence-electron chi connectivity index (χ4n) is 1.73. The zero-order chi connectivity index (χ0) is 14.8. The first-order valence-electron chi connectivity index (χ1n) is 5.92. The molecule has 0 N–H and O–H groups in total. The molecule has 0 aliphatic carbocycles. The van der Waals surface area contributed by atoms with Crippen LogP contribution in [-0.2, 0) is 4.74 Å². The maximum Gasteiger partial charge on any atom is 0.338 e. The predicted octanol–water partition coefficient (Wildman–Crippen LogP) is 4.05. The van der Waals surface area contributed by atoms with E-state index in [9.17, 15) is 9.59 Å². The SMILES string of the molecule is O=C(OCC(=O)c1ccc(Cl)s1)c1ccc2ncsc2c1. The first-order valence-corrected chi connectivity index (χ1v) is 8.00. The number of aromatic nitrogens is 1. The Labute approximate surface area is 133 Å². The Hall–Kier alpha value is -1.76. The van der Waals surface area contributed by atoms with Crippen molar-refractivity contribution in [3.8, 4) is 0 Å². The molecule has 21 heavy (non-hydrogen) atoms. The Kier molecular flexibility index (Phi) is 4.01. The second-order valence-corrected chi connectivity index (χ2v) is 6.74. The summed E-state index contributed by atoms with van der Waals surface area (Å²) in [6.07, 6.45) is 0. The molecule has 0 fully saturated rings. The normalized spacial score (nSPS) is 10.7. The van der Waals surface area contributed by atoms with Gasteiger partial charge in [0.2, 0.25) is 5.78 Å². The highest BCUT2D eigenvalue weighted by Gasteiger charge is 2.14. The van der Waals surface area contributed by atoms with Gasteiger partial charge in [-0.05, 0) is 30.3 Å². The number of esters is 1. The molecule has 0 aliphatic rings. The fraction of sp³-hybridized carbons (Fsp3) is 0.0714. The minimum absolute atomic E-state index is 0.265. The summed E-state index contributed by atoms with van der Waals surface area (Å²) in [6.45, 7) is -0.295. The van der Waals surface area contributed by atoms with Gasteiger partial charge in [0.05, 0.1) is 30.5 Å². The molecule has 2 heterocycles. The van der Waals surface area contributed by atoms with Crippen LogP contribution in [0.3, 0.4) is 0 Å². The summed E-state index contributed by atoms with van der Waals surface area (Å²) < 4.78 is 6.47. The van der Waals surface area contributed by atoms with E-state index >= 15 is 0 Å². The maximum absolute atomic E-state index is 11.9. The van der Waals surface area contributed by atoms with E-state index in [2.05, 4.69) is 4.98 Å². The van der Waals surface area contributed by atoms with Gasteiger partial charge in [-0.1, -0.05) is 11.6 Å². The number of thiazole rings is 1. The minimum Gasteiger partial charge on any atom is -0.454 e. The molecule has 0 unspecified atom stereocenters. The van der Waals surface area contributed by atoms with Crippen molar-refractivity contribution in [3.63, 3.8) is 0 Å². The van der Waals surface area contributed by atoms with Crippen molar-refractivity contribution in [2.24, 2.45) is 0 Å². The van der Waals surface area contributed by atoms with Crippen molar-refractivity contribution in [2.75, 3.05) is 6.61 Å². The Balaban J connectivity index is 1.67. The highest BCUT2D eigenvalue weighted by Crippen LogP contribution is 2.22. The van der Waals surface area contributed by atoms with Crippen LogP contribution in [0.2, 0.25) is 4.34 Å². The van der Waals surface area contributed by atoms with Gasteiger partial charge in [-0.15, -0.1) is 22.7 Å². The molecule has 1 aromatic carbocycles. The van der Waals surface area contributed by atoms with Gasteiger partial charge in [-0.3, -0.25) is 4.79 Å². The van der Waals surface area contributed by atoms with E-state index in [0.29, 0.717) is 14.8 Å². The lowest BCUT2D eigenvalue weighted by atomic mass is 10.2. The van der Waals surface area contributed by atoms with Gasteiger partial charge in [0, 0.05) is 0 Å². The van der Waals surface area contributed by atoms with Gasteiger partial charge in [-0.2, -0.15) is 0 Å². The largest absolute Gasteiger partial charge is 0.454 e. The number of ketones is 1. The number of hydrogen-bond donors (Lipinski definition) is 0. The summed E-state index contributed by atoms with van der Waals surface area (Å²) in [4.78, 5) is 28.4. The van der Waals surface area contributed by atoms with Gasteiger partial charge in [0.25, 0.3) is 0 Å². The molecule has 3 rings (SSSR count). The Bertz CT molecular complexity index is 824. The molecule has 0 saturated heterocycles. The predicted molar refractivity (Wildman–Crippen MR) is 83.6 cm³/mol. The van der Waals surface area contributed by atoms with Crippen molar-refractivity contribution < 1.29 is 14.3 Å². The van der Waals surface area contributed by atoms with Crippen molar-refractivity contribution >= 4 is 56.2 Å². The number of benzene rings is 1. The average Bonchev–Trinajstić information content (AvgIpc) is 3.12. The van der Waals surface area contributed by atoms with E-state index in [0.717, 1.165) is 21.6 Å². The molecule has 106 valence electrons. The van der Waals surface area contributed by atoms with E-state index in [1.807, 2.05) is 0 Å². The standard InChI is InChI=1S/C14H8ClNO3S2/c15-13-4-3-11(21-13)10(17)6-19-14(18)8-1-2-9-12(5-8)20-7-16-9/h1-5,7H,6H2. The van der Waals surface area contributed by atoms with Gasteiger partial charge >= 0.3 is 5.97 Å². The molecule has 0 aliphatic heterocycles. The Morgan fingerprint density at radius 3 is 2.86 bits per heavy atom. The number of rotatable bonds is 4. The molecular weight excluding hydrogens is 330 g/mol. The number of fused-ring (bicyclic) bond motifs is 1. The molecule has 0 saturated carbocycles. The fourth-order valence-corrected chi connectivity index (χ4v) is 3.42. The third-order valence-electron chi connectivity index (χ3n) is 2.75. The number of halogens is 1. The van der Waals surface area contributed by atoms with E-state index in [4.69, 9.17) is 16.3 Å². The van der Waals surface area contributed by atoms with Crippen LogP contribution in [0.25, 0.3) is 10.2 Å². The molecule has 0 radical (unpaired) electrons. The molecule has 0 spiro atoms. The topological polar surface area (TPSA) is 56.3 Å². The molecule has 3 aromatic rings. The second-order valence-electron chi connectivity index (χ2n) is 4.14. The number of ether oxygens (including phenoxy) is 1. The number of carbonyl (C=O) groups excluding carboxylic acids is 2. The van der Waals surface area contributed by atoms with Crippen LogP contribution in [0.1, 0.15) is 20.0 Å². The van der Waals surface area contributed by atoms with Crippen molar-refractivity contribution in [1.29, 1.82) is 0 Å². The quantitative estimate of drug-likeness (QED) is 0.532. The molecular formula is C14H8ClNO3S2. The minimum atomic E-state index is -0.527. The molecule has 2 aromatic heterocycles. The summed E-state index contributed by atoms with van der Waals surface area (Å²) in [7, 11) is 0. The van der Waals surface area contributed by atoms with Crippen molar-refractivity contribution in [3.05, 3.63) is 50.6 Å². The van der Waals surface area contributed by atoms with E-state index < -0.39 is 5.97 Å². The summed E-state index contributed by atoms with van der Waals surface area (Å²) >= 11 is 8.37. The third kappa shape index (κ3) is 3.12. The van der Waals surface area contributed by atoms with Crippen molar-refractivity contribution in [2.45, 2.75) is 0 Å². The first-order chi connectivity index (χ1) is 10.1. The summed E-state index contributed by atoms with van der Waals surface area (Å²) in [5.74, 6) is -0.791. The number of thiophene rings is 1. The number of nitrogens with zero attached hydrogens (tertiary/aromatic N) is 1. The smallest absolute Gasteiger partial charge is 0.338 e. The van der Waals surface area contributed by atoms with Gasteiger partial charge in [0.1, 0.15) is 0 Å². The highest BCUT2D eigenvalue weighted by molar-refractivity contribution is 7.18. The zero-order valence-electron chi connectivity index (χ0n) is 10.5. The zero-order valence-corrected chi connectivity index (χ0v) is 12.9. The average molecular weight is 338 g/mol. The lowest BCUT2D eigenvalue weighted by molar-refractivity contribution is 0.0476. The summed E-state index contributed by atoms with van der Waals surface area (Å²) in [6, 6.07) is 8.35. The van der Waals surface area contributed by atoms with Crippen LogP contribution < -0.4 is 0 Å². The van der Waals surface area contributed by atoms with Gasteiger partial charge in [-0.25, -0.2) is 9.78 Å². The number of hydrogen-bond acceptors (Lipinski definition) is 6. The van der Waals surface area contributed by atoms with Crippen LogP contribution in [0.4, 0.5) is 0 Å². The number of Topliss-reactive ketones (excluding diaryl/α,β-unsaturated/α-hetero) is 1. The third-order valence-corrected chi connectivity index (χ3v) is 4.81. The molecule has 0 atom stereocenters. The molecule has 0 bridgehead atoms. The van der Waals surface area contributed by atoms with Crippen LogP contribution in [0, 0.1) is 0 Å². The van der Waals surface area contributed by atoms with E-state index in [1.165, 1.54) is 11.3 Å². The molecule has 0 amide bonds. The Morgan fingerprint density at radius 2 is 2.10 bits per heavy atom. The first kappa shape index (κ1) is 14.2. The molecule has 4 nitrogen and oxygen atoms in total. The summed E-state index contributed by atoms with van der Waals surface area (Å²) in [5.41, 5.74) is 2.95. The van der Waals surface area contributed by atoms with Crippen LogP contribution in [-0.4, -0.2) is 23.3 Å². The number of carbonyl (C=O) groups is 2. The van der Waals surface area contributed by atoms with Gasteiger partial charge in [0.15, 0.2) is 6.61 Å². The highest BCUT2D eigenvalue weighted by atomic mass is 35.5. The lowest BCUT2D eigenvalue weighted by Gasteiger charge is -2.03. The van der Waals surface area contributed by atoms with Crippen LogP contribution in [0.15, 0.2) is 35.8 Å².